The number of aromatic nitrogens is 1. The number of nitrogens with two attached hydrogens (primary N) is 1. The molecular weight excluding hydrogens is 476 g/mol. The van der Waals surface area contributed by atoms with Crippen LogP contribution in [0.25, 0.3) is 11.1 Å². The fraction of sp³-hybridized carbons (Fsp3) is 0.138. The van der Waals surface area contributed by atoms with Crippen molar-refractivity contribution in [3.63, 3.8) is 0 Å². The van der Waals surface area contributed by atoms with Gasteiger partial charge in [-0.3, -0.25) is 4.79 Å². The third kappa shape index (κ3) is 6.16. The van der Waals surface area contributed by atoms with Crippen LogP contribution in [-0.2, 0) is 24.1 Å². The minimum Gasteiger partial charge on any atom is -0.465 e. The maximum absolute atomic E-state index is 14.8. The lowest BCUT2D eigenvalue weighted by atomic mass is 9.98. The first-order valence-electron chi connectivity index (χ1n) is 11.6. The second kappa shape index (κ2) is 11.4. The Kier molecular flexibility index (Phi) is 7.88. The summed E-state index contributed by atoms with van der Waals surface area (Å²) in [4.78, 5) is 28.9. The number of rotatable bonds is 8. The molecule has 0 bridgehead atoms. The van der Waals surface area contributed by atoms with Gasteiger partial charge in [-0.05, 0) is 65.9 Å². The second-order valence-corrected chi connectivity index (χ2v) is 8.39. The van der Waals surface area contributed by atoms with Crippen LogP contribution in [0.4, 0.5) is 14.6 Å². The Morgan fingerprint density at radius 3 is 2.38 bits per heavy atom. The molecule has 0 aliphatic heterocycles. The Morgan fingerprint density at radius 1 is 0.919 bits per heavy atom. The summed E-state index contributed by atoms with van der Waals surface area (Å²) in [6.07, 6.45) is 1.47. The smallest absolute Gasteiger partial charge is 0.341 e. The molecule has 1 aromatic heterocycles. The molecule has 0 saturated carbocycles. The van der Waals surface area contributed by atoms with Crippen molar-refractivity contribution in [1.29, 1.82) is 0 Å². The van der Waals surface area contributed by atoms with E-state index in [0.29, 0.717) is 16.9 Å². The molecule has 4 rings (SSSR count). The Labute approximate surface area is 213 Å². The van der Waals surface area contributed by atoms with E-state index in [9.17, 15) is 18.4 Å². The maximum atomic E-state index is 14.8. The summed E-state index contributed by atoms with van der Waals surface area (Å²) in [6.45, 7) is -0.0409. The molecular formula is C29H25F2N3O3. The third-order valence-corrected chi connectivity index (χ3v) is 5.92. The Morgan fingerprint density at radius 2 is 1.68 bits per heavy atom. The standard InChI is InChI=1S/C29H25F2N3O3/c1-37-29(36)27-23(5-3-6-24(27)30)20-13-14-21(25(31)16-20)17-33-28(35)19-11-8-18(9-12-19)10-15-22-4-2-7-26(32)34-22/h2-9,11-14,16H,10,15,17H2,1H3,(H2,32,34)(H,33,35). The maximum Gasteiger partial charge on any atom is 0.341 e. The zero-order valence-electron chi connectivity index (χ0n) is 20.1. The van der Waals surface area contributed by atoms with Gasteiger partial charge in [-0.15, -0.1) is 0 Å². The number of anilines is 1. The molecule has 3 N–H and O–H groups in total. The number of amides is 1. The molecule has 1 amide bonds. The number of carbonyl (C=O) groups is 2. The summed E-state index contributed by atoms with van der Waals surface area (Å²) in [5.41, 5.74) is 8.62. The Hall–Kier alpha value is -4.59. The molecule has 0 aliphatic carbocycles. The van der Waals surface area contributed by atoms with Crippen LogP contribution in [0.5, 0.6) is 0 Å². The van der Waals surface area contributed by atoms with Gasteiger partial charge in [0.1, 0.15) is 23.0 Å². The van der Waals surface area contributed by atoms with Crippen LogP contribution in [0.3, 0.4) is 0 Å². The van der Waals surface area contributed by atoms with Crippen LogP contribution >= 0.6 is 0 Å². The van der Waals surface area contributed by atoms with Gasteiger partial charge in [-0.25, -0.2) is 18.6 Å². The van der Waals surface area contributed by atoms with Crippen LogP contribution in [0.15, 0.2) is 78.9 Å². The number of carbonyl (C=O) groups excluding carboxylic acids is 2. The largest absolute Gasteiger partial charge is 0.465 e. The molecule has 0 unspecified atom stereocenters. The molecule has 0 fully saturated rings. The van der Waals surface area contributed by atoms with Crippen molar-refractivity contribution >= 4 is 17.7 Å². The molecule has 0 radical (unpaired) electrons. The molecule has 3 aromatic carbocycles. The number of pyridine rings is 1. The monoisotopic (exact) mass is 501 g/mol. The number of benzene rings is 3. The van der Waals surface area contributed by atoms with Crippen LogP contribution in [0, 0.1) is 11.6 Å². The van der Waals surface area contributed by atoms with E-state index < -0.39 is 17.6 Å². The third-order valence-electron chi connectivity index (χ3n) is 5.92. The van der Waals surface area contributed by atoms with E-state index in [1.165, 1.54) is 24.3 Å². The molecule has 8 heteroatoms. The van der Waals surface area contributed by atoms with E-state index in [1.54, 1.807) is 24.3 Å². The van der Waals surface area contributed by atoms with Gasteiger partial charge >= 0.3 is 5.97 Å². The highest BCUT2D eigenvalue weighted by atomic mass is 19.1. The van der Waals surface area contributed by atoms with Crippen LogP contribution in [0.2, 0.25) is 0 Å². The molecule has 0 aliphatic rings. The first-order valence-corrected chi connectivity index (χ1v) is 11.6. The van der Waals surface area contributed by atoms with E-state index in [-0.39, 0.29) is 29.1 Å². The lowest BCUT2D eigenvalue weighted by molar-refractivity contribution is 0.0596. The van der Waals surface area contributed by atoms with Crippen molar-refractivity contribution < 1.29 is 23.1 Å². The predicted octanol–water partition coefficient (Wildman–Crippen LogP) is 5.11. The summed E-state index contributed by atoms with van der Waals surface area (Å²) in [5.74, 6) is -2.06. The van der Waals surface area contributed by atoms with Gasteiger partial charge in [0.25, 0.3) is 5.91 Å². The van der Waals surface area contributed by atoms with Crippen molar-refractivity contribution in [3.8, 4) is 11.1 Å². The molecule has 4 aromatic rings. The highest BCUT2D eigenvalue weighted by molar-refractivity contribution is 5.97. The van der Waals surface area contributed by atoms with Crippen molar-refractivity contribution in [2.75, 3.05) is 12.8 Å². The molecule has 37 heavy (non-hydrogen) atoms. The van der Waals surface area contributed by atoms with Gasteiger partial charge in [0.15, 0.2) is 0 Å². The quantitative estimate of drug-likeness (QED) is 0.327. The molecule has 0 atom stereocenters. The molecule has 0 spiro atoms. The van der Waals surface area contributed by atoms with Crippen molar-refractivity contribution in [3.05, 3.63) is 118 Å². The number of esters is 1. The van der Waals surface area contributed by atoms with E-state index in [2.05, 4.69) is 15.0 Å². The summed E-state index contributed by atoms with van der Waals surface area (Å²) >= 11 is 0. The summed E-state index contributed by atoms with van der Waals surface area (Å²) in [5, 5.41) is 2.71. The molecule has 0 saturated heterocycles. The average molecular weight is 502 g/mol. The highest BCUT2D eigenvalue weighted by Crippen LogP contribution is 2.28. The van der Waals surface area contributed by atoms with Crippen molar-refractivity contribution in [2.45, 2.75) is 19.4 Å². The highest BCUT2D eigenvalue weighted by Gasteiger charge is 2.19. The minimum atomic E-state index is -0.850. The van der Waals surface area contributed by atoms with E-state index in [0.717, 1.165) is 37.3 Å². The molecule has 1 heterocycles. The van der Waals surface area contributed by atoms with Gasteiger partial charge in [-0.2, -0.15) is 0 Å². The average Bonchev–Trinajstić information content (AvgIpc) is 2.91. The fourth-order valence-corrected chi connectivity index (χ4v) is 3.94. The zero-order valence-corrected chi connectivity index (χ0v) is 20.1. The number of halogens is 2. The van der Waals surface area contributed by atoms with E-state index >= 15 is 0 Å². The minimum absolute atomic E-state index is 0.0409. The summed E-state index contributed by atoms with van der Waals surface area (Å²) < 4.78 is 33.7. The van der Waals surface area contributed by atoms with Gasteiger partial charge in [0.2, 0.25) is 0 Å². The second-order valence-electron chi connectivity index (χ2n) is 8.39. The Balaban J connectivity index is 1.39. The number of nitrogens with zero attached hydrogens (tertiary/aromatic N) is 1. The number of nitrogens with one attached hydrogen (secondary N) is 1. The van der Waals surface area contributed by atoms with Gasteiger partial charge in [0.05, 0.1) is 7.11 Å². The predicted molar refractivity (Wildman–Crippen MR) is 137 cm³/mol. The first-order chi connectivity index (χ1) is 17.9. The van der Waals surface area contributed by atoms with Crippen LogP contribution in [0.1, 0.15) is 37.5 Å². The van der Waals surface area contributed by atoms with Crippen LogP contribution < -0.4 is 11.1 Å². The molecule has 188 valence electrons. The number of nitrogen functional groups attached to an aromatic ring is 1. The number of aryl methyl sites for hydroxylation is 2. The summed E-state index contributed by atoms with van der Waals surface area (Å²) in [6, 6.07) is 21.0. The fourth-order valence-electron chi connectivity index (χ4n) is 3.94. The number of hydrogen-bond donors (Lipinski definition) is 2. The first kappa shape index (κ1) is 25.5. The molecule has 6 nitrogen and oxygen atoms in total. The van der Waals surface area contributed by atoms with E-state index in [1.807, 2.05) is 24.3 Å². The number of ether oxygens (including phenoxy) is 1. The van der Waals surface area contributed by atoms with E-state index in [4.69, 9.17) is 5.73 Å². The Bertz CT molecular complexity index is 1440. The van der Waals surface area contributed by atoms with Crippen LogP contribution in [-0.4, -0.2) is 24.0 Å². The number of methoxy groups -OCH3 is 1. The zero-order chi connectivity index (χ0) is 26.4. The topological polar surface area (TPSA) is 94.3 Å². The van der Waals surface area contributed by atoms with Gasteiger partial charge < -0.3 is 15.8 Å². The lowest BCUT2D eigenvalue weighted by Gasteiger charge is -2.11. The number of hydrogen-bond acceptors (Lipinski definition) is 5. The lowest BCUT2D eigenvalue weighted by Crippen LogP contribution is -2.23. The summed E-state index contributed by atoms with van der Waals surface area (Å²) in [7, 11) is 1.15. The van der Waals surface area contributed by atoms with Crippen molar-refractivity contribution in [2.24, 2.45) is 0 Å². The van der Waals surface area contributed by atoms with Gasteiger partial charge in [-0.1, -0.05) is 42.5 Å². The SMILES string of the molecule is COC(=O)c1c(F)cccc1-c1ccc(CNC(=O)c2ccc(CCc3cccc(N)n3)cc2)c(F)c1. The van der Waals surface area contributed by atoms with Gasteiger partial charge in [0, 0.05) is 23.4 Å². The normalized spacial score (nSPS) is 10.7. The van der Waals surface area contributed by atoms with Crippen molar-refractivity contribution in [1.82, 2.24) is 10.3 Å².